The number of nitrogen functional groups attached to an aromatic ring is 1. The first-order chi connectivity index (χ1) is 8.48. The number of methoxy groups -OCH3 is 1. The van der Waals surface area contributed by atoms with Crippen molar-refractivity contribution in [2.24, 2.45) is 0 Å². The zero-order chi connectivity index (χ0) is 13.2. The lowest BCUT2D eigenvalue weighted by Gasteiger charge is -2.24. The Labute approximate surface area is 107 Å². The second-order valence-electron chi connectivity index (χ2n) is 4.57. The Kier molecular flexibility index (Phi) is 3.65. The third kappa shape index (κ3) is 3.29. The van der Waals surface area contributed by atoms with E-state index in [1.165, 1.54) is 0 Å². The van der Waals surface area contributed by atoms with Gasteiger partial charge in [-0.15, -0.1) is 0 Å². The van der Waals surface area contributed by atoms with Crippen LogP contribution in [0.25, 0.3) is 0 Å². The van der Waals surface area contributed by atoms with Gasteiger partial charge in [0.2, 0.25) is 0 Å². The topological polar surface area (TPSA) is 81.4 Å². The highest BCUT2D eigenvalue weighted by molar-refractivity contribution is 7.91. The summed E-state index contributed by atoms with van der Waals surface area (Å²) in [5.74, 6) is 1.20. The van der Waals surface area contributed by atoms with Crippen molar-refractivity contribution in [2.45, 2.75) is 18.9 Å². The van der Waals surface area contributed by atoms with Crippen LogP contribution in [0.2, 0.25) is 0 Å². The number of sulfone groups is 1. The second-order valence-corrected chi connectivity index (χ2v) is 6.87. The van der Waals surface area contributed by atoms with Gasteiger partial charge in [-0.25, -0.2) is 8.42 Å². The van der Waals surface area contributed by atoms with Crippen molar-refractivity contribution in [2.75, 3.05) is 29.7 Å². The van der Waals surface area contributed by atoms with Crippen LogP contribution in [0.3, 0.4) is 0 Å². The van der Waals surface area contributed by atoms with E-state index in [9.17, 15) is 8.42 Å². The molecule has 18 heavy (non-hydrogen) atoms. The normalized spacial score (nSPS) is 19.4. The van der Waals surface area contributed by atoms with Gasteiger partial charge >= 0.3 is 0 Å². The number of anilines is 2. The van der Waals surface area contributed by atoms with E-state index in [0.29, 0.717) is 24.3 Å². The number of nitrogens with two attached hydrogens (primary N) is 1. The van der Waals surface area contributed by atoms with Gasteiger partial charge in [0.1, 0.15) is 15.6 Å². The van der Waals surface area contributed by atoms with Crippen molar-refractivity contribution in [1.82, 2.24) is 0 Å². The number of benzene rings is 1. The maximum absolute atomic E-state index is 11.3. The Balaban J connectivity index is 2.04. The highest BCUT2D eigenvalue weighted by Gasteiger charge is 2.23. The van der Waals surface area contributed by atoms with Crippen molar-refractivity contribution in [3.05, 3.63) is 18.2 Å². The molecule has 0 aliphatic carbocycles. The van der Waals surface area contributed by atoms with Gasteiger partial charge in [-0.2, -0.15) is 0 Å². The summed E-state index contributed by atoms with van der Waals surface area (Å²) in [4.78, 5) is 0. The molecule has 2 rings (SSSR count). The molecule has 1 aromatic rings. The smallest absolute Gasteiger partial charge is 0.150 e. The molecule has 1 fully saturated rings. The molecule has 5 nitrogen and oxygen atoms in total. The van der Waals surface area contributed by atoms with Crippen LogP contribution in [0.4, 0.5) is 11.4 Å². The number of nitrogens with one attached hydrogen (secondary N) is 1. The summed E-state index contributed by atoms with van der Waals surface area (Å²) in [7, 11) is -1.23. The Morgan fingerprint density at radius 1 is 1.28 bits per heavy atom. The van der Waals surface area contributed by atoms with E-state index in [1.807, 2.05) is 12.1 Å². The van der Waals surface area contributed by atoms with Gasteiger partial charge in [0.15, 0.2) is 0 Å². The molecular weight excluding hydrogens is 252 g/mol. The largest absolute Gasteiger partial charge is 0.497 e. The summed E-state index contributed by atoms with van der Waals surface area (Å²) in [5.41, 5.74) is 7.26. The second kappa shape index (κ2) is 5.06. The van der Waals surface area contributed by atoms with Gasteiger partial charge in [0, 0.05) is 29.5 Å². The molecule has 1 heterocycles. The lowest BCUT2D eigenvalue weighted by molar-refractivity contribution is 0.415. The summed E-state index contributed by atoms with van der Waals surface area (Å²) in [5, 5.41) is 3.31. The lowest BCUT2D eigenvalue weighted by Crippen LogP contribution is -2.32. The Morgan fingerprint density at radius 2 is 1.94 bits per heavy atom. The summed E-state index contributed by atoms with van der Waals surface area (Å²) >= 11 is 0. The van der Waals surface area contributed by atoms with Crippen LogP contribution in [0.1, 0.15) is 12.8 Å². The van der Waals surface area contributed by atoms with Crippen molar-refractivity contribution in [3.63, 3.8) is 0 Å². The fraction of sp³-hybridized carbons (Fsp3) is 0.500. The van der Waals surface area contributed by atoms with Crippen molar-refractivity contribution in [3.8, 4) is 5.75 Å². The molecule has 1 saturated heterocycles. The fourth-order valence-corrected chi connectivity index (χ4v) is 3.58. The van der Waals surface area contributed by atoms with E-state index in [1.54, 1.807) is 13.2 Å². The van der Waals surface area contributed by atoms with E-state index in [2.05, 4.69) is 5.32 Å². The van der Waals surface area contributed by atoms with Gasteiger partial charge in [-0.3, -0.25) is 0 Å². The monoisotopic (exact) mass is 270 g/mol. The zero-order valence-corrected chi connectivity index (χ0v) is 11.2. The molecule has 6 heteroatoms. The molecule has 1 aliphatic heterocycles. The molecule has 1 aliphatic rings. The molecule has 1 aromatic carbocycles. The van der Waals surface area contributed by atoms with E-state index < -0.39 is 9.84 Å². The summed E-state index contributed by atoms with van der Waals surface area (Å²) < 4.78 is 27.8. The number of hydrogen-bond donors (Lipinski definition) is 2. The molecule has 0 radical (unpaired) electrons. The molecule has 0 saturated carbocycles. The number of ether oxygens (including phenoxy) is 1. The lowest BCUT2D eigenvalue weighted by atomic mass is 10.1. The highest BCUT2D eigenvalue weighted by Crippen LogP contribution is 2.24. The van der Waals surface area contributed by atoms with Gasteiger partial charge in [0.25, 0.3) is 0 Å². The van der Waals surface area contributed by atoms with E-state index in [4.69, 9.17) is 10.5 Å². The van der Waals surface area contributed by atoms with Gasteiger partial charge in [0.05, 0.1) is 18.6 Å². The molecule has 0 aromatic heterocycles. The van der Waals surface area contributed by atoms with E-state index in [0.717, 1.165) is 5.69 Å². The number of rotatable bonds is 3. The van der Waals surface area contributed by atoms with Gasteiger partial charge < -0.3 is 15.8 Å². The minimum Gasteiger partial charge on any atom is -0.497 e. The van der Waals surface area contributed by atoms with E-state index >= 15 is 0 Å². The predicted molar refractivity (Wildman–Crippen MR) is 72.7 cm³/mol. The Bertz CT molecular complexity index is 514. The maximum Gasteiger partial charge on any atom is 0.150 e. The van der Waals surface area contributed by atoms with Crippen molar-refractivity contribution < 1.29 is 13.2 Å². The predicted octanol–water partition coefficient (Wildman–Crippen LogP) is 1.27. The maximum atomic E-state index is 11.3. The minimum atomic E-state index is -2.82. The molecule has 0 bridgehead atoms. The fourth-order valence-electron chi connectivity index (χ4n) is 2.09. The van der Waals surface area contributed by atoms with Crippen LogP contribution in [-0.4, -0.2) is 33.1 Å². The minimum absolute atomic E-state index is 0.181. The molecule has 0 amide bonds. The van der Waals surface area contributed by atoms with Gasteiger partial charge in [-0.05, 0) is 18.9 Å². The quantitative estimate of drug-likeness (QED) is 0.808. The first-order valence-electron chi connectivity index (χ1n) is 5.90. The van der Waals surface area contributed by atoms with Crippen LogP contribution >= 0.6 is 0 Å². The average Bonchev–Trinajstić information content (AvgIpc) is 2.31. The highest BCUT2D eigenvalue weighted by atomic mass is 32.2. The molecule has 0 spiro atoms. The van der Waals surface area contributed by atoms with Crippen LogP contribution in [0, 0.1) is 0 Å². The average molecular weight is 270 g/mol. The summed E-state index contributed by atoms with van der Waals surface area (Å²) in [6.07, 6.45) is 1.28. The van der Waals surface area contributed by atoms with Crippen molar-refractivity contribution >= 4 is 21.2 Å². The third-order valence-electron chi connectivity index (χ3n) is 3.09. The van der Waals surface area contributed by atoms with Gasteiger partial charge in [-0.1, -0.05) is 0 Å². The first-order valence-corrected chi connectivity index (χ1v) is 7.72. The van der Waals surface area contributed by atoms with Crippen LogP contribution in [0.15, 0.2) is 18.2 Å². The molecular formula is C12H18N2O3S. The standard InChI is InChI=1S/C12H18N2O3S/c1-17-12-7-9(13)6-11(8-12)14-10-2-4-18(15,16)5-3-10/h6-8,10,14H,2-5,13H2,1H3. The van der Waals surface area contributed by atoms with Crippen LogP contribution < -0.4 is 15.8 Å². The molecule has 3 N–H and O–H groups in total. The Hall–Kier alpha value is -1.43. The number of hydrogen-bond acceptors (Lipinski definition) is 5. The SMILES string of the molecule is COc1cc(N)cc(NC2CCS(=O)(=O)CC2)c1. The Morgan fingerprint density at radius 3 is 2.56 bits per heavy atom. The van der Waals surface area contributed by atoms with Crippen molar-refractivity contribution in [1.29, 1.82) is 0 Å². The molecule has 100 valence electrons. The van der Waals surface area contributed by atoms with E-state index in [-0.39, 0.29) is 17.5 Å². The zero-order valence-electron chi connectivity index (χ0n) is 10.3. The third-order valence-corrected chi connectivity index (χ3v) is 4.81. The molecule has 0 unspecified atom stereocenters. The summed E-state index contributed by atoms with van der Waals surface area (Å²) in [6.45, 7) is 0. The summed E-state index contributed by atoms with van der Waals surface area (Å²) in [6, 6.07) is 5.61. The van der Waals surface area contributed by atoms with Crippen LogP contribution in [-0.2, 0) is 9.84 Å². The van der Waals surface area contributed by atoms with Crippen LogP contribution in [0.5, 0.6) is 5.75 Å². The first kappa shape index (κ1) is 13.0. The molecule has 0 atom stereocenters.